The van der Waals surface area contributed by atoms with Crippen LogP contribution in [-0.4, -0.2) is 18.9 Å². The van der Waals surface area contributed by atoms with E-state index < -0.39 is 0 Å². The highest BCUT2D eigenvalue weighted by Gasteiger charge is 2.14. The summed E-state index contributed by atoms with van der Waals surface area (Å²) in [7, 11) is 1.57. The summed E-state index contributed by atoms with van der Waals surface area (Å²) in [6.07, 6.45) is 0. The summed E-state index contributed by atoms with van der Waals surface area (Å²) in [6.45, 7) is 0. The minimum absolute atomic E-state index is 0.168. The van der Waals surface area contributed by atoms with Crippen LogP contribution in [0.2, 0.25) is 0 Å². The second-order valence-corrected chi connectivity index (χ2v) is 4.63. The standard InChI is InChI=1S/C16H16ClNO2/c1-20-14-9-5-8-13(10-14)16(19)18-15(11-17)12-6-3-2-4-7-12/h2-10,15H,11H2,1H3,(H,18,19). The highest BCUT2D eigenvalue weighted by molar-refractivity contribution is 6.18. The molecule has 1 N–H and O–H groups in total. The molecule has 0 heterocycles. The second-order valence-electron chi connectivity index (χ2n) is 4.32. The minimum atomic E-state index is -0.212. The number of hydrogen-bond acceptors (Lipinski definition) is 2. The number of ether oxygens (including phenoxy) is 1. The summed E-state index contributed by atoms with van der Waals surface area (Å²) in [5.74, 6) is 0.804. The van der Waals surface area contributed by atoms with E-state index in [1.807, 2.05) is 30.3 Å². The van der Waals surface area contributed by atoms with Gasteiger partial charge in [0.2, 0.25) is 0 Å². The normalized spacial score (nSPS) is 11.7. The predicted molar refractivity (Wildman–Crippen MR) is 80.4 cm³/mol. The fourth-order valence-corrected chi connectivity index (χ4v) is 2.16. The Morgan fingerprint density at radius 1 is 1.20 bits per heavy atom. The van der Waals surface area contributed by atoms with Crippen molar-refractivity contribution in [2.45, 2.75) is 6.04 Å². The van der Waals surface area contributed by atoms with E-state index in [1.54, 1.807) is 31.4 Å². The van der Waals surface area contributed by atoms with Crippen molar-refractivity contribution in [3.05, 3.63) is 65.7 Å². The van der Waals surface area contributed by atoms with Crippen molar-refractivity contribution in [1.29, 1.82) is 0 Å². The molecule has 104 valence electrons. The van der Waals surface area contributed by atoms with Gasteiger partial charge >= 0.3 is 0 Å². The molecule has 1 atom stereocenters. The zero-order valence-electron chi connectivity index (χ0n) is 11.2. The molecule has 2 rings (SSSR count). The van der Waals surface area contributed by atoms with Crippen LogP contribution in [0.15, 0.2) is 54.6 Å². The van der Waals surface area contributed by atoms with Crippen LogP contribution in [0.5, 0.6) is 5.75 Å². The Morgan fingerprint density at radius 2 is 1.95 bits per heavy atom. The predicted octanol–water partition coefficient (Wildman–Crippen LogP) is 3.41. The lowest BCUT2D eigenvalue weighted by atomic mass is 10.1. The molecule has 0 aliphatic carbocycles. The van der Waals surface area contributed by atoms with Crippen molar-refractivity contribution in [3.8, 4) is 5.75 Å². The molecule has 0 fully saturated rings. The number of benzene rings is 2. The van der Waals surface area contributed by atoms with Gasteiger partial charge in [-0.15, -0.1) is 11.6 Å². The molecule has 3 nitrogen and oxygen atoms in total. The van der Waals surface area contributed by atoms with E-state index in [4.69, 9.17) is 16.3 Å². The lowest BCUT2D eigenvalue weighted by Gasteiger charge is -2.16. The molecule has 0 aliphatic heterocycles. The Kier molecular flexibility index (Phi) is 5.02. The number of methoxy groups -OCH3 is 1. The molecule has 1 amide bonds. The second kappa shape index (κ2) is 6.96. The molecule has 2 aromatic rings. The third-order valence-corrected chi connectivity index (χ3v) is 3.30. The molecule has 0 saturated heterocycles. The number of rotatable bonds is 5. The number of amides is 1. The topological polar surface area (TPSA) is 38.3 Å². The van der Waals surface area contributed by atoms with Crippen molar-refractivity contribution >= 4 is 17.5 Å². The van der Waals surface area contributed by atoms with Crippen LogP contribution in [0.4, 0.5) is 0 Å². The zero-order chi connectivity index (χ0) is 14.4. The Bertz CT molecular complexity index is 572. The summed E-state index contributed by atoms with van der Waals surface area (Å²) in [4.78, 5) is 12.2. The number of halogens is 1. The summed E-state index contributed by atoms with van der Waals surface area (Å²) in [5.41, 5.74) is 1.54. The van der Waals surface area contributed by atoms with Crippen LogP contribution in [0.25, 0.3) is 0 Å². The highest BCUT2D eigenvalue weighted by atomic mass is 35.5. The van der Waals surface area contributed by atoms with Crippen molar-refractivity contribution in [2.75, 3.05) is 13.0 Å². The monoisotopic (exact) mass is 289 g/mol. The molecule has 0 radical (unpaired) electrons. The van der Waals surface area contributed by atoms with Gasteiger partial charge in [-0.3, -0.25) is 4.79 Å². The first-order valence-electron chi connectivity index (χ1n) is 6.30. The van der Waals surface area contributed by atoms with Gasteiger partial charge in [0, 0.05) is 11.4 Å². The van der Waals surface area contributed by atoms with Crippen molar-refractivity contribution in [3.63, 3.8) is 0 Å². The third-order valence-electron chi connectivity index (χ3n) is 2.99. The van der Waals surface area contributed by atoms with Gasteiger partial charge in [0.05, 0.1) is 13.2 Å². The quantitative estimate of drug-likeness (QED) is 0.857. The van der Waals surface area contributed by atoms with Gasteiger partial charge in [-0.2, -0.15) is 0 Å². The molecule has 20 heavy (non-hydrogen) atoms. The number of carbonyl (C=O) groups excluding carboxylic acids is 1. The SMILES string of the molecule is COc1cccc(C(=O)NC(CCl)c2ccccc2)c1. The summed E-state index contributed by atoms with van der Waals surface area (Å²) in [5, 5.41) is 2.92. The molecule has 2 aromatic carbocycles. The van der Waals surface area contributed by atoms with Crippen molar-refractivity contribution in [2.24, 2.45) is 0 Å². The first-order chi connectivity index (χ1) is 9.74. The van der Waals surface area contributed by atoms with Gasteiger partial charge in [-0.05, 0) is 23.8 Å². The lowest BCUT2D eigenvalue weighted by Crippen LogP contribution is -2.29. The molecule has 0 aromatic heterocycles. The fourth-order valence-electron chi connectivity index (χ4n) is 1.90. The van der Waals surface area contributed by atoms with Gasteiger partial charge < -0.3 is 10.1 Å². The van der Waals surface area contributed by atoms with Crippen molar-refractivity contribution in [1.82, 2.24) is 5.32 Å². The average Bonchev–Trinajstić information content (AvgIpc) is 2.53. The maximum atomic E-state index is 12.2. The largest absolute Gasteiger partial charge is 0.497 e. The van der Waals surface area contributed by atoms with E-state index in [1.165, 1.54) is 0 Å². The highest BCUT2D eigenvalue weighted by Crippen LogP contribution is 2.17. The Morgan fingerprint density at radius 3 is 2.60 bits per heavy atom. The van der Waals surface area contributed by atoms with Crippen LogP contribution in [0.1, 0.15) is 22.0 Å². The van der Waals surface area contributed by atoms with E-state index in [9.17, 15) is 4.79 Å². The Labute approximate surface area is 123 Å². The van der Waals surface area contributed by atoms with Crippen LogP contribution in [-0.2, 0) is 0 Å². The zero-order valence-corrected chi connectivity index (χ0v) is 11.9. The Balaban J connectivity index is 2.13. The molecule has 4 heteroatoms. The summed E-state index contributed by atoms with van der Waals surface area (Å²) >= 11 is 5.95. The van der Waals surface area contributed by atoms with Gasteiger partial charge in [0.25, 0.3) is 5.91 Å². The molecule has 0 saturated carbocycles. The minimum Gasteiger partial charge on any atom is -0.497 e. The van der Waals surface area contributed by atoms with E-state index in [0.29, 0.717) is 17.2 Å². The van der Waals surface area contributed by atoms with Crippen LogP contribution >= 0.6 is 11.6 Å². The third kappa shape index (κ3) is 3.52. The first kappa shape index (κ1) is 14.4. The summed E-state index contributed by atoms with van der Waals surface area (Å²) in [6, 6.07) is 16.5. The van der Waals surface area contributed by atoms with E-state index in [-0.39, 0.29) is 11.9 Å². The molecule has 0 aliphatic rings. The number of alkyl halides is 1. The van der Waals surface area contributed by atoms with Gasteiger partial charge in [0.15, 0.2) is 0 Å². The van der Waals surface area contributed by atoms with Gasteiger partial charge in [-0.1, -0.05) is 36.4 Å². The molecular weight excluding hydrogens is 274 g/mol. The van der Waals surface area contributed by atoms with E-state index in [2.05, 4.69) is 5.32 Å². The maximum Gasteiger partial charge on any atom is 0.251 e. The fraction of sp³-hybridized carbons (Fsp3) is 0.188. The molecule has 1 unspecified atom stereocenters. The molecule has 0 bridgehead atoms. The number of carbonyl (C=O) groups is 1. The van der Waals surface area contributed by atoms with Gasteiger partial charge in [0.1, 0.15) is 5.75 Å². The molecule has 0 spiro atoms. The van der Waals surface area contributed by atoms with Crippen LogP contribution in [0.3, 0.4) is 0 Å². The molecular formula is C16H16ClNO2. The maximum absolute atomic E-state index is 12.2. The van der Waals surface area contributed by atoms with Gasteiger partial charge in [-0.25, -0.2) is 0 Å². The van der Waals surface area contributed by atoms with Crippen LogP contribution in [0, 0.1) is 0 Å². The smallest absolute Gasteiger partial charge is 0.251 e. The number of hydrogen-bond donors (Lipinski definition) is 1. The van der Waals surface area contributed by atoms with E-state index in [0.717, 1.165) is 5.56 Å². The Hall–Kier alpha value is -2.00. The van der Waals surface area contributed by atoms with E-state index >= 15 is 0 Å². The lowest BCUT2D eigenvalue weighted by molar-refractivity contribution is 0.0940. The van der Waals surface area contributed by atoms with Crippen molar-refractivity contribution < 1.29 is 9.53 Å². The number of nitrogens with one attached hydrogen (secondary N) is 1. The summed E-state index contributed by atoms with van der Waals surface area (Å²) < 4.78 is 5.11. The average molecular weight is 290 g/mol. The first-order valence-corrected chi connectivity index (χ1v) is 6.84. The van der Waals surface area contributed by atoms with Crippen LogP contribution < -0.4 is 10.1 Å².